The highest BCUT2D eigenvalue weighted by Crippen LogP contribution is 2.38. The summed E-state index contributed by atoms with van der Waals surface area (Å²) in [5.41, 5.74) is 5.56. The minimum absolute atomic E-state index is 0.0722. The largest absolute Gasteiger partial charge is 0.393 e. The Hall–Kier alpha value is -0.190. The number of aliphatic hydroxyl groups excluding tert-OH is 1. The maximum atomic E-state index is 9.80. The van der Waals surface area contributed by atoms with Crippen LogP contribution in [0.5, 0.6) is 0 Å². The topological polar surface area (TPSA) is 49.5 Å². The van der Waals surface area contributed by atoms with E-state index in [4.69, 9.17) is 18.0 Å². The van der Waals surface area contributed by atoms with Crippen LogP contribution in [0.1, 0.15) is 26.2 Å². The van der Waals surface area contributed by atoms with Crippen LogP contribution in [0, 0.1) is 11.8 Å². The number of nitrogens with two attached hydrogens (primary N) is 1. The molecule has 86 valence electrons. The van der Waals surface area contributed by atoms with Crippen LogP contribution in [0.4, 0.5) is 0 Å². The second-order valence-corrected chi connectivity index (χ2v) is 5.57. The van der Waals surface area contributed by atoms with Crippen molar-refractivity contribution in [2.24, 2.45) is 17.6 Å². The van der Waals surface area contributed by atoms with Gasteiger partial charge in [0.15, 0.2) is 0 Å². The second kappa shape index (κ2) is 4.36. The number of likely N-dealkylation sites (tertiary alicyclic amines) is 1. The van der Waals surface area contributed by atoms with Crippen molar-refractivity contribution in [2.45, 2.75) is 38.3 Å². The normalized spacial score (nSPS) is 37.9. The molecule has 0 aromatic carbocycles. The number of hydrogen-bond donors (Lipinski definition) is 2. The van der Waals surface area contributed by atoms with Crippen LogP contribution in [-0.4, -0.2) is 40.2 Å². The molecule has 1 heterocycles. The summed E-state index contributed by atoms with van der Waals surface area (Å²) in [5.74, 6) is 1.20. The van der Waals surface area contributed by atoms with Crippen molar-refractivity contribution in [1.82, 2.24) is 4.90 Å². The molecule has 0 aromatic heterocycles. The first kappa shape index (κ1) is 11.3. The fourth-order valence-electron chi connectivity index (χ4n) is 3.05. The van der Waals surface area contributed by atoms with Gasteiger partial charge in [-0.2, -0.15) is 0 Å². The molecule has 0 aromatic rings. The lowest BCUT2D eigenvalue weighted by molar-refractivity contribution is 0.120. The average Bonchev–Trinajstić information content (AvgIpc) is 2.67. The molecule has 0 amide bonds. The zero-order chi connectivity index (χ0) is 11.0. The lowest BCUT2D eigenvalue weighted by Crippen LogP contribution is -2.35. The highest BCUT2D eigenvalue weighted by molar-refractivity contribution is 7.80. The van der Waals surface area contributed by atoms with Crippen LogP contribution in [-0.2, 0) is 0 Å². The first-order valence-electron chi connectivity index (χ1n) is 5.78. The van der Waals surface area contributed by atoms with Crippen LogP contribution in [0.25, 0.3) is 0 Å². The molecule has 1 aliphatic carbocycles. The number of rotatable bonds is 3. The average molecular weight is 228 g/mol. The Kier molecular flexibility index (Phi) is 3.28. The summed E-state index contributed by atoms with van der Waals surface area (Å²) in [4.78, 5) is 3.02. The molecular weight excluding hydrogens is 208 g/mol. The van der Waals surface area contributed by atoms with Crippen LogP contribution in [0.2, 0.25) is 0 Å². The van der Waals surface area contributed by atoms with E-state index < -0.39 is 0 Å². The van der Waals surface area contributed by atoms with E-state index in [0.717, 1.165) is 25.9 Å². The highest BCUT2D eigenvalue weighted by atomic mass is 32.1. The van der Waals surface area contributed by atoms with Gasteiger partial charge < -0.3 is 10.8 Å². The number of thiocarbonyl (C=S) groups is 1. The minimum Gasteiger partial charge on any atom is -0.393 e. The lowest BCUT2D eigenvalue weighted by Gasteiger charge is -2.25. The summed E-state index contributed by atoms with van der Waals surface area (Å²) in [6.07, 6.45) is 2.90. The van der Waals surface area contributed by atoms with E-state index in [-0.39, 0.29) is 6.10 Å². The molecule has 1 saturated heterocycles. The van der Waals surface area contributed by atoms with Gasteiger partial charge in [0.05, 0.1) is 11.1 Å². The summed E-state index contributed by atoms with van der Waals surface area (Å²) >= 11 is 4.93. The first-order valence-corrected chi connectivity index (χ1v) is 6.19. The number of aliphatic hydroxyl groups is 1. The Morgan fingerprint density at radius 2 is 2.27 bits per heavy atom. The van der Waals surface area contributed by atoms with Gasteiger partial charge in [-0.05, 0) is 25.7 Å². The summed E-state index contributed by atoms with van der Waals surface area (Å²) in [5, 5.41) is 9.80. The van der Waals surface area contributed by atoms with Crippen molar-refractivity contribution in [1.29, 1.82) is 0 Å². The van der Waals surface area contributed by atoms with Crippen molar-refractivity contribution in [2.75, 3.05) is 13.1 Å². The van der Waals surface area contributed by atoms with Gasteiger partial charge in [-0.25, -0.2) is 0 Å². The molecular formula is C11H20N2OS. The molecule has 1 aliphatic heterocycles. The molecule has 2 aliphatic rings. The molecule has 4 unspecified atom stereocenters. The zero-order valence-electron chi connectivity index (χ0n) is 9.22. The minimum atomic E-state index is -0.0722. The zero-order valence-corrected chi connectivity index (χ0v) is 10.0. The molecule has 2 rings (SSSR count). The number of hydrogen-bond acceptors (Lipinski definition) is 3. The van der Waals surface area contributed by atoms with E-state index in [9.17, 15) is 5.11 Å². The number of nitrogens with zero attached hydrogens (tertiary/aromatic N) is 1. The molecule has 3 nitrogen and oxygen atoms in total. The fraction of sp³-hybridized carbons (Fsp3) is 0.909. The Balaban J connectivity index is 1.90. The van der Waals surface area contributed by atoms with Crippen molar-refractivity contribution in [3.63, 3.8) is 0 Å². The van der Waals surface area contributed by atoms with E-state index in [1.54, 1.807) is 0 Å². The lowest BCUT2D eigenvalue weighted by atomic mass is 10.00. The van der Waals surface area contributed by atoms with Crippen LogP contribution in [0.15, 0.2) is 0 Å². The van der Waals surface area contributed by atoms with E-state index in [1.165, 1.54) is 6.42 Å². The molecule has 0 spiro atoms. The van der Waals surface area contributed by atoms with Gasteiger partial charge in [0, 0.05) is 31.5 Å². The SMILES string of the molecule is CC(CC(N)=S)N1CC2CCC(O)C2C1. The Labute approximate surface area is 96.6 Å². The first-order chi connectivity index (χ1) is 7.08. The number of fused-ring (bicyclic) bond motifs is 1. The van der Waals surface area contributed by atoms with E-state index in [0.29, 0.717) is 22.9 Å². The predicted molar refractivity (Wildman–Crippen MR) is 64.7 cm³/mol. The van der Waals surface area contributed by atoms with Crippen molar-refractivity contribution in [3.8, 4) is 0 Å². The maximum Gasteiger partial charge on any atom is 0.0742 e. The second-order valence-electron chi connectivity index (χ2n) is 5.04. The third-order valence-electron chi connectivity index (χ3n) is 3.97. The molecule has 15 heavy (non-hydrogen) atoms. The fourth-order valence-corrected chi connectivity index (χ4v) is 3.29. The van der Waals surface area contributed by atoms with E-state index in [2.05, 4.69) is 11.8 Å². The van der Waals surface area contributed by atoms with Gasteiger partial charge in [-0.1, -0.05) is 12.2 Å². The quantitative estimate of drug-likeness (QED) is 0.700. The van der Waals surface area contributed by atoms with Gasteiger partial charge in [0.2, 0.25) is 0 Å². The molecule has 4 heteroatoms. The van der Waals surface area contributed by atoms with Gasteiger partial charge in [-0.15, -0.1) is 0 Å². The highest BCUT2D eigenvalue weighted by Gasteiger charge is 2.42. The molecule has 0 bridgehead atoms. The summed E-state index contributed by atoms with van der Waals surface area (Å²) in [6.45, 7) is 4.31. The van der Waals surface area contributed by atoms with E-state index >= 15 is 0 Å². The Bertz CT molecular complexity index is 259. The molecule has 1 saturated carbocycles. The van der Waals surface area contributed by atoms with Gasteiger partial charge >= 0.3 is 0 Å². The third-order valence-corrected chi connectivity index (χ3v) is 4.13. The Morgan fingerprint density at radius 1 is 1.53 bits per heavy atom. The Morgan fingerprint density at radius 3 is 2.87 bits per heavy atom. The molecule has 3 N–H and O–H groups in total. The van der Waals surface area contributed by atoms with Crippen LogP contribution < -0.4 is 5.73 Å². The predicted octanol–water partition coefficient (Wildman–Crippen LogP) is 0.754. The molecule has 0 radical (unpaired) electrons. The van der Waals surface area contributed by atoms with E-state index in [1.807, 2.05) is 0 Å². The standard InChI is InChI=1S/C11H20N2OS/c1-7(4-11(12)15)13-5-8-2-3-10(14)9(8)6-13/h7-10,14H,2-6H2,1H3,(H2,12,15). The van der Waals surface area contributed by atoms with Crippen molar-refractivity contribution < 1.29 is 5.11 Å². The van der Waals surface area contributed by atoms with Crippen LogP contribution >= 0.6 is 12.2 Å². The van der Waals surface area contributed by atoms with Gasteiger partial charge in [-0.3, -0.25) is 4.90 Å². The van der Waals surface area contributed by atoms with Gasteiger partial charge in [0.1, 0.15) is 0 Å². The monoisotopic (exact) mass is 228 g/mol. The van der Waals surface area contributed by atoms with Crippen LogP contribution in [0.3, 0.4) is 0 Å². The summed E-state index contributed by atoms with van der Waals surface area (Å²) < 4.78 is 0. The molecule has 4 atom stereocenters. The molecule has 2 fully saturated rings. The van der Waals surface area contributed by atoms with Gasteiger partial charge in [0.25, 0.3) is 0 Å². The smallest absolute Gasteiger partial charge is 0.0742 e. The third kappa shape index (κ3) is 2.32. The van der Waals surface area contributed by atoms with Crippen molar-refractivity contribution in [3.05, 3.63) is 0 Å². The summed E-state index contributed by atoms with van der Waals surface area (Å²) in [7, 11) is 0. The summed E-state index contributed by atoms with van der Waals surface area (Å²) in [6, 6.07) is 0.431. The maximum absolute atomic E-state index is 9.80. The van der Waals surface area contributed by atoms with Crippen molar-refractivity contribution >= 4 is 17.2 Å².